The maximum Gasteiger partial charge on any atom is 0.131 e. The van der Waals surface area contributed by atoms with Crippen molar-refractivity contribution in [2.45, 2.75) is 13.8 Å². The molecule has 0 unspecified atom stereocenters. The first kappa shape index (κ1) is 17.7. The van der Waals surface area contributed by atoms with Crippen molar-refractivity contribution < 1.29 is 18.9 Å². The van der Waals surface area contributed by atoms with Crippen LogP contribution in [0.25, 0.3) is 0 Å². The summed E-state index contributed by atoms with van der Waals surface area (Å²) in [6.07, 6.45) is 0. The van der Waals surface area contributed by atoms with E-state index in [4.69, 9.17) is 18.9 Å². The number of ether oxygens (including phenoxy) is 4. The molecule has 0 radical (unpaired) electrons. The predicted octanol–water partition coefficient (Wildman–Crippen LogP) is 6.07. The zero-order chi connectivity index (χ0) is 18.2. The van der Waals surface area contributed by atoms with Gasteiger partial charge in [0, 0.05) is 18.2 Å². The lowest BCUT2D eigenvalue weighted by Crippen LogP contribution is -1.92. The van der Waals surface area contributed by atoms with Crippen LogP contribution in [0.4, 0.5) is 0 Å². The minimum absolute atomic E-state index is 0.619. The summed E-state index contributed by atoms with van der Waals surface area (Å²) in [5, 5.41) is 0. The Hall–Kier alpha value is -3.14. The molecule has 3 rings (SSSR count). The third-order valence-corrected chi connectivity index (χ3v) is 3.51. The van der Waals surface area contributed by atoms with Gasteiger partial charge in [-0.15, -0.1) is 0 Å². The first-order valence-corrected chi connectivity index (χ1v) is 8.68. The Labute approximate surface area is 153 Å². The molecule has 0 aliphatic rings. The van der Waals surface area contributed by atoms with Crippen LogP contribution in [0.15, 0.2) is 72.8 Å². The number of hydrogen-bond acceptors (Lipinski definition) is 4. The van der Waals surface area contributed by atoms with Gasteiger partial charge in [0.1, 0.15) is 34.5 Å². The van der Waals surface area contributed by atoms with E-state index in [2.05, 4.69) is 0 Å². The molecule has 3 aromatic rings. The number of benzene rings is 3. The van der Waals surface area contributed by atoms with Gasteiger partial charge in [-0.25, -0.2) is 0 Å². The van der Waals surface area contributed by atoms with Crippen LogP contribution in [0.2, 0.25) is 0 Å². The Morgan fingerprint density at radius 1 is 0.500 bits per heavy atom. The molecule has 0 amide bonds. The largest absolute Gasteiger partial charge is 0.494 e. The van der Waals surface area contributed by atoms with Gasteiger partial charge in [0.25, 0.3) is 0 Å². The van der Waals surface area contributed by atoms with E-state index in [1.54, 1.807) is 0 Å². The van der Waals surface area contributed by atoms with Gasteiger partial charge in [-0.05, 0) is 50.2 Å². The van der Waals surface area contributed by atoms with E-state index in [0.717, 1.165) is 11.5 Å². The SMILES string of the molecule is CCOc1cccc(Oc2cccc(Oc3cccc(OCC)c3)c2)c1. The second kappa shape index (κ2) is 8.81. The highest BCUT2D eigenvalue weighted by Crippen LogP contribution is 2.30. The zero-order valence-corrected chi connectivity index (χ0v) is 15.0. The van der Waals surface area contributed by atoms with E-state index in [9.17, 15) is 0 Å². The van der Waals surface area contributed by atoms with E-state index in [1.807, 2.05) is 86.6 Å². The van der Waals surface area contributed by atoms with Crippen LogP contribution in [-0.2, 0) is 0 Å². The Balaban J connectivity index is 1.72. The molecule has 0 N–H and O–H groups in total. The monoisotopic (exact) mass is 350 g/mol. The van der Waals surface area contributed by atoms with E-state index >= 15 is 0 Å². The van der Waals surface area contributed by atoms with Crippen molar-refractivity contribution in [3.63, 3.8) is 0 Å². The molecular formula is C22H22O4. The van der Waals surface area contributed by atoms with Gasteiger partial charge < -0.3 is 18.9 Å². The average molecular weight is 350 g/mol. The summed E-state index contributed by atoms with van der Waals surface area (Å²) in [7, 11) is 0. The van der Waals surface area contributed by atoms with Gasteiger partial charge in [-0.3, -0.25) is 0 Å². The van der Waals surface area contributed by atoms with E-state index in [-0.39, 0.29) is 0 Å². The predicted molar refractivity (Wildman–Crippen MR) is 102 cm³/mol. The molecule has 4 heteroatoms. The van der Waals surface area contributed by atoms with E-state index in [1.165, 1.54) is 0 Å². The summed E-state index contributed by atoms with van der Waals surface area (Å²) in [5.74, 6) is 4.38. The molecule has 0 saturated carbocycles. The normalized spacial score (nSPS) is 10.2. The second-order valence-corrected chi connectivity index (χ2v) is 5.49. The summed E-state index contributed by atoms with van der Waals surface area (Å²) in [6, 6.07) is 22.6. The fourth-order valence-corrected chi connectivity index (χ4v) is 2.46. The van der Waals surface area contributed by atoms with E-state index in [0.29, 0.717) is 36.2 Å². The van der Waals surface area contributed by atoms with Crippen molar-refractivity contribution >= 4 is 0 Å². The highest BCUT2D eigenvalue weighted by Gasteiger charge is 2.04. The number of hydrogen-bond donors (Lipinski definition) is 0. The summed E-state index contributed by atoms with van der Waals surface area (Å²) in [6.45, 7) is 5.14. The van der Waals surface area contributed by atoms with E-state index < -0.39 is 0 Å². The van der Waals surface area contributed by atoms with Crippen LogP contribution in [0.1, 0.15) is 13.8 Å². The van der Waals surface area contributed by atoms with Crippen LogP contribution in [-0.4, -0.2) is 13.2 Å². The summed E-state index contributed by atoms with van der Waals surface area (Å²) in [4.78, 5) is 0. The molecule has 0 bridgehead atoms. The number of rotatable bonds is 8. The van der Waals surface area contributed by atoms with Gasteiger partial charge in [0.05, 0.1) is 13.2 Å². The minimum atomic E-state index is 0.619. The molecule has 0 saturated heterocycles. The lowest BCUT2D eigenvalue weighted by Gasteiger charge is -2.11. The smallest absolute Gasteiger partial charge is 0.131 e. The lowest BCUT2D eigenvalue weighted by atomic mass is 10.3. The van der Waals surface area contributed by atoms with Crippen molar-refractivity contribution in [2.75, 3.05) is 13.2 Å². The van der Waals surface area contributed by atoms with Crippen molar-refractivity contribution in [3.8, 4) is 34.5 Å². The topological polar surface area (TPSA) is 36.9 Å². The molecule has 3 aromatic carbocycles. The first-order valence-electron chi connectivity index (χ1n) is 8.68. The molecule has 4 nitrogen and oxygen atoms in total. The van der Waals surface area contributed by atoms with Gasteiger partial charge in [0.15, 0.2) is 0 Å². The molecule has 0 heterocycles. The van der Waals surface area contributed by atoms with Gasteiger partial charge in [-0.2, -0.15) is 0 Å². The average Bonchev–Trinajstić information content (AvgIpc) is 2.63. The lowest BCUT2D eigenvalue weighted by molar-refractivity contribution is 0.338. The Morgan fingerprint density at radius 3 is 1.15 bits per heavy atom. The van der Waals surface area contributed by atoms with Crippen molar-refractivity contribution in [3.05, 3.63) is 72.8 Å². The maximum absolute atomic E-state index is 5.92. The second-order valence-electron chi connectivity index (χ2n) is 5.49. The quantitative estimate of drug-likeness (QED) is 0.494. The molecule has 0 aromatic heterocycles. The van der Waals surface area contributed by atoms with Crippen LogP contribution in [0, 0.1) is 0 Å². The standard InChI is InChI=1S/C22H22O4/c1-3-23-17-8-5-10-19(14-17)25-21-12-7-13-22(16-21)26-20-11-6-9-18(15-20)24-4-2/h5-16H,3-4H2,1-2H3. The molecule has 0 aliphatic carbocycles. The van der Waals surface area contributed by atoms with Crippen LogP contribution < -0.4 is 18.9 Å². The van der Waals surface area contributed by atoms with Crippen molar-refractivity contribution in [2.24, 2.45) is 0 Å². The third kappa shape index (κ3) is 4.93. The summed E-state index contributed by atoms with van der Waals surface area (Å²) >= 11 is 0. The highest BCUT2D eigenvalue weighted by molar-refractivity contribution is 5.42. The van der Waals surface area contributed by atoms with Crippen molar-refractivity contribution in [1.29, 1.82) is 0 Å². The van der Waals surface area contributed by atoms with Gasteiger partial charge >= 0.3 is 0 Å². The molecule has 0 spiro atoms. The first-order chi connectivity index (χ1) is 12.8. The molecule has 0 aliphatic heterocycles. The highest BCUT2D eigenvalue weighted by atomic mass is 16.5. The Morgan fingerprint density at radius 2 is 0.808 bits per heavy atom. The van der Waals surface area contributed by atoms with Gasteiger partial charge in [0.2, 0.25) is 0 Å². The minimum Gasteiger partial charge on any atom is -0.494 e. The Bertz CT molecular complexity index is 778. The fourth-order valence-electron chi connectivity index (χ4n) is 2.46. The van der Waals surface area contributed by atoms with Crippen LogP contribution >= 0.6 is 0 Å². The van der Waals surface area contributed by atoms with Crippen LogP contribution in [0.5, 0.6) is 34.5 Å². The Kier molecular flexibility index (Phi) is 5.99. The molecular weight excluding hydrogens is 328 g/mol. The fraction of sp³-hybridized carbons (Fsp3) is 0.182. The summed E-state index contributed by atoms with van der Waals surface area (Å²) in [5.41, 5.74) is 0. The molecule has 0 atom stereocenters. The molecule has 134 valence electrons. The third-order valence-electron chi connectivity index (χ3n) is 3.51. The van der Waals surface area contributed by atoms with Crippen LogP contribution in [0.3, 0.4) is 0 Å². The van der Waals surface area contributed by atoms with Gasteiger partial charge in [-0.1, -0.05) is 18.2 Å². The van der Waals surface area contributed by atoms with Crippen molar-refractivity contribution in [1.82, 2.24) is 0 Å². The molecule has 26 heavy (non-hydrogen) atoms. The maximum atomic E-state index is 5.92. The summed E-state index contributed by atoms with van der Waals surface area (Å²) < 4.78 is 22.8. The zero-order valence-electron chi connectivity index (χ0n) is 15.0. The molecule has 0 fully saturated rings.